The molecule has 3 heteroatoms. The number of rotatable bonds is 7. The van der Waals surface area contributed by atoms with Crippen molar-refractivity contribution in [1.82, 2.24) is 0 Å². The Morgan fingerprint density at radius 2 is 1.88 bits per heavy atom. The summed E-state index contributed by atoms with van der Waals surface area (Å²) in [5.74, 6) is 0.850. The van der Waals surface area contributed by atoms with E-state index in [0.717, 1.165) is 23.3 Å². The molecule has 0 bridgehead atoms. The van der Waals surface area contributed by atoms with Crippen LogP contribution in [0.4, 0.5) is 0 Å². The Morgan fingerprint density at radius 3 is 2.54 bits per heavy atom. The molecule has 3 nitrogen and oxygen atoms in total. The number of esters is 1. The Hall–Kier alpha value is -2.55. The summed E-state index contributed by atoms with van der Waals surface area (Å²) >= 11 is 0. The summed E-state index contributed by atoms with van der Waals surface area (Å²) < 4.78 is 10.5. The molecule has 0 N–H and O–H groups in total. The van der Waals surface area contributed by atoms with Crippen molar-refractivity contribution >= 4 is 12.0 Å². The zero-order valence-electron chi connectivity index (χ0n) is 14.5. The van der Waals surface area contributed by atoms with Crippen LogP contribution in [0.15, 0.2) is 54.6 Å². The fourth-order valence-electron chi connectivity index (χ4n) is 2.70. The fourth-order valence-corrected chi connectivity index (χ4v) is 2.70. The molecule has 0 aliphatic rings. The first kappa shape index (κ1) is 17.8. The van der Waals surface area contributed by atoms with Gasteiger partial charge in [0.05, 0.1) is 13.7 Å². The average molecular weight is 324 g/mol. The molecule has 0 aliphatic heterocycles. The monoisotopic (exact) mass is 324 g/mol. The number of hydrogen-bond acceptors (Lipinski definition) is 3. The highest BCUT2D eigenvalue weighted by molar-refractivity contribution is 5.87. The van der Waals surface area contributed by atoms with Gasteiger partial charge >= 0.3 is 5.97 Å². The van der Waals surface area contributed by atoms with Crippen LogP contribution in [-0.2, 0) is 16.0 Å². The maximum atomic E-state index is 11.6. The summed E-state index contributed by atoms with van der Waals surface area (Å²) in [6.45, 7) is 4.37. The van der Waals surface area contributed by atoms with Gasteiger partial charge in [0.2, 0.25) is 0 Å². The fraction of sp³-hybridized carbons (Fsp3) is 0.286. The largest absolute Gasteiger partial charge is 0.496 e. The van der Waals surface area contributed by atoms with Crippen LogP contribution in [0.2, 0.25) is 0 Å². The summed E-state index contributed by atoms with van der Waals surface area (Å²) in [6.07, 6.45) is 4.10. The van der Waals surface area contributed by atoms with Crippen molar-refractivity contribution in [3.63, 3.8) is 0 Å². The molecule has 126 valence electrons. The molecule has 2 aromatic rings. The molecule has 0 saturated heterocycles. The van der Waals surface area contributed by atoms with Crippen LogP contribution >= 0.6 is 0 Å². The van der Waals surface area contributed by atoms with Gasteiger partial charge in [-0.15, -0.1) is 0 Å². The third-order valence-corrected chi connectivity index (χ3v) is 3.95. The summed E-state index contributed by atoms with van der Waals surface area (Å²) in [6, 6.07) is 16.3. The highest BCUT2D eigenvalue weighted by Gasteiger charge is 2.13. The maximum Gasteiger partial charge on any atom is 0.330 e. The summed E-state index contributed by atoms with van der Waals surface area (Å²) in [5, 5.41) is 0. The quantitative estimate of drug-likeness (QED) is 0.551. The van der Waals surface area contributed by atoms with Crippen LogP contribution in [0.1, 0.15) is 36.5 Å². The maximum absolute atomic E-state index is 11.6. The molecule has 0 fully saturated rings. The van der Waals surface area contributed by atoms with Crippen molar-refractivity contribution in [2.75, 3.05) is 13.7 Å². The summed E-state index contributed by atoms with van der Waals surface area (Å²) in [7, 11) is 1.67. The molecule has 2 rings (SSSR count). The molecule has 24 heavy (non-hydrogen) atoms. The third-order valence-electron chi connectivity index (χ3n) is 3.95. The Morgan fingerprint density at radius 1 is 1.12 bits per heavy atom. The Labute approximate surface area is 143 Å². The molecule has 0 aliphatic carbocycles. The van der Waals surface area contributed by atoms with Gasteiger partial charge in [0.1, 0.15) is 5.75 Å². The van der Waals surface area contributed by atoms with Crippen molar-refractivity contribution in [1.29, 1.82) is 0 Å². The molecule has 0 heterocycles. The zero-order valence-corrected chi connectivity index (χ0v) is 14.5. The van der Waals surface area contributed by atoms with Gasteiger partial charge in [-0.2, -0.15) is 0 Å². The number of benzene rings is 2. The van der Waals surface area contributed by atoms with E-state index < -0.39 is 0 Å². The predicted octanol–water partition coefficient (Wildman–Crippen LogP) is 4.62. The molecule has 1 unspecified atom stereocenters. The van der Waals surface area contributed by atoms with Crippen LogP contribution in [0.25, 0.3) is 6.08 Å². The van der Waals surface area contributed by atoms with Crippen LogP contribution in [0, 0.1) is 0 Å². The summed E-state index contributed by atoms with van der Waals surface area (Å²) in [4.78, 5) is 11.6. The van der Waals surface area contributed by atoms with Gasteiger partial charge in [0, 0.05) is 11.6 Å². The van der Waals surface area contributed by atoms with Gasteiger partial charge in [0.15, 0.2) is 0 Å². The van der Waals surface area contributed by atoms with Crippen molar-refractivity contribution in [2.45, 2.75) is 26.2 Å². The van der Waals surface area contributed by atoms with E-state index in [4.69, 9.17) is 9.47 Å². The number of carbonyl (C=O) groups is 1. The normalized spacial score (nSPS) is 12.1. The molecule has 0 amide bonds. The zero-order chi connectivity index (χ0) is 17.4. The van der Waals surface area contributed by atoms with Gasteiger partial charge < -0.3 is 9.47 Å². The van der Waals surface area contributed by atoms with Crippen LogP contribution < -0.4 is 4.74 Å². The van der Waals surface area contributed by atoms with Crippen molar-refractivity contribution in [2.24, 2.45) is 0 Å². The molecular weight excluding hydrogens is 300 g/mol. The number of methoxy groups -OCH3 is 1. The topological polar surface area (TPSA) is 35.5 Å². The molecule has 2 aromatic carbocycles. The van der Waals surface area contributed by atoms with E-state index >= 15 is 0 Å². The van der Waals surface area contributed by atoms with Gasteiger partial charge in [-0.3, -0.25) is 0 Å². The minimum atomic E-state index is -0.331. The average Bonchev–Trinajstić information content (AvgIpc) is 2.61. The van der Waals surface area contributed by atoms with E-state index in [9.17, 15) is 4.79 Å². The summed E-state index contributed by atoms with van der Waals surface area (Å²) in [5.41, 5.74) is 3.35. The Kier molecular flexibility index (Phi) is 6.62. The lowest BCUT2D eigenvalue weighted by atomic mass is 9.90. The lowest BCUT2D eigenvalue weighted by Crippen LogP contribution is -2.03. The number of ether oxygens (including phenoxy) is 2. The molecule has 1 atom stereocenters. The third kappa shape index (κ3) is 4.72. The molecule has 0 saturated carbocycles. The van der Waals surface area contributed by atoms with Crippen LogP contribution in [0.5, 0.6) is 5.75 Å². The minimum Gasteiger partial charge on any atom is -0.496 e. The molecule has 0 aromatic heterocycles. The molecular formula is C21H24O3. The van der Waals surface area contributed by atoms with Gasteiger partial charge in [-0.1, -0.05) is 49.4 Å². The molecule has 0 spiro atoms. The lowest BCUT2D eigenvalue weighted by molar-refractivity contribution is -0.137. The van der Waals surface area contributed by atoms with E-state index in [1.165, 1.54) is 11.6 Å². The SMILES string of the molecule is CCOC(=O)/C=C\c1cccc(OC)c1CC(C)c1ccccc1. The highest BCUT2D eigenvalue weighted by Crippen LogP contribution is 2.29. The van der Waals surface area contributed by atoms with E-state index in [1.807, 2.05) is 24.3 Å². The van der Waals surface area contributed by atoms with Gasteiger partial charge in [0.25, 0.3) is 0 Å². The second-order valence-electron chi connectivity index (χ2n) is 5.63. The second-order valence-corrected chi connectivity index (χ2v) is 5.63. The minimum absolute atomic E-state index is 0.331. The van der Waals surface area contributed by atoms with Gasteiger partial charge in [-0.25, -0.2) is 4.79 Å². The van der Waals surface area contributed by atoms with Crippen molar-refractivity contribution < 1.29 is 14.3 Å². The Balaban J connectivity index is 2.28. The molecule has 0 radical (unpaired) electrons. The Bertz CT molecular complexity index is 689. The first-order valence-electron chi connectivity index (χ1n) is 8.21. The van der Waals surface area contributed by atoms with Crippen LogP contribution in [-0.4, -0.2) is 19.7 Å². The van der Waals surface area contributed by atoms with E-state index in [1.54, 1.807) is 20.1 Å². The number of hydrogen-bond donors (Lipinski definition) is 0. The first-order valence-corrected chi connectivity index (χ1v) is 8.21. The first-order chi connectivity index (χ1) is 11.7. The highest BCUT2D eigenvalue weighted by atomic mass is 16.5. The van der Waals surface area contributed by atoms with Crippen molar-refractivity contribution in [3.05, 3.63) is 71.3 Å². The van der Waals surface area contributed by atoms with E-state index in [-0.39, 0.29) is 5.97 Å². The van der Waals surface area contributed by atoms with E-state index in [0.29, 0.717) is 12.5 Å². The van der Waals surface area contributed by atoms with E-state index in [2.05, 4.69) is 31.2 Å². The van der Waals surface area contributed by atoms with Gasteiger partial charge in [-0.05, 0) is 42.5 Å². The van der Waals surface area contributed by atoms with Crippen molar-refractivity contribution in [3.8, 4) is 5.75 Å². The smallest absolute Gasteiger partial charge is 0.330 e. The standard InChI is InChI=1S/C21H24O3/c1-4-24-21(22)14-13-18-11-8-12-20(23-3)19(18)15-16(2)17-9-6-5-7-10-17/h5-14,16H,4,15H2,1-3H3/b14-13-. The predicted molar refractivity (Wildman–Crippen MR) is 97.2 cm³/mol. The van der Waals surface area contributed by atoms with Crippen LogP contribution in [0.3, 0.4) is 0 Å². The second kappa shape index (κ2) is 8.92. The lowest BCUT2D eigenvalue weighted by Gasteiger charge is -2.17. The number of carbonyl (C=O) groups excluding carboxylic acids is 1.